The van der Waals surface area contributed by atoms with Crippen LogP contribution in [0, 0.1) is 16.0 Å². The molecule has 0 amide bonds. The van der Waals surface area contributed by atoms with E-state index in [1.165, 1.54) is 42.9 Å². The third-order valence-electron chi connectivity index (χ3n) is 7.08. The molecule has 0 saturated heterocycles. The first-order chi connectivity index (χ1) is 14.0. The summed E-state index contributed by atoms with van der Waals surface area (Å²) < 4.78 is 5.53. The van der Waals surface area contributed by atoms with Crippen LogP contribution in [0.5, 0.6) is 5.75 Å². The average Bonchev–Trinajstić information content (AvgIpc) is 2.73. The first-order valence-corrected chi connectivity index (χ1v) is 10.5. The smallest absolute Gasteiger partial charge is 0.292 e. The van der Waals surface area contributed by atoms with E-state index in [2.05, 4.69) is 24.4 Å². The molecular formula is C23H29N3O3. The molecule has 154 valence electrons. The van der Waals surface area contributed by atoms with Crippen LogP contribution in [0.25, 0.3) is 0 Å². The molecule has 0 aromatic heterocycles. The second kappa shape index (κ2) is 7.58. The van der Waals surface area contributed by atoms with Crippen molar-refractivity contribution in [2.75, 3.05) is 18.2 Å². The van der Waals surface area contributed by atoms with Crippen molar-refractivity contribution in [1.29, 1.82) is 0 Å². The maximum absolute atomic E-state index is 11.1. The Morgan fingerprint density at radius 2 is 2.10 bits per heavy atom. The SMILES string of the molecule is CC[C@@]12CCCC[C@@H]1[C@@H](Nc1ccc([N+](=O)[O-])c(N)c1)Cc1ccc(OC)cc12. The van der Waals surface area contributed by atoms with Crippen LogP contribution in [0.3, 0.4) is 0 Å². The second-order valence-corrected chi connectivity index (χ2v) is 8.37. The molecule has 6 heteroatoms. The van der Waals surface area contributed by atoms with Crippen LogP contribution in [-0.4, -0.2) is 18.1 Å². The zero-order valence-electron chi connectivity index (χ0n) is 17.1. The van der Waals surface area contributed by atoms with Crippen LogP contribution < -0.4 is 15.8 Å². The molecule has 1 fully saturated rings. The number of benzene rings is 2. The van der Waals surface area contributed by atoms with E-state index in [1.54, 1.807) is 19.2 Å². The summed E-state index contributed by atoms with van der Waals surface area (Å²) in [5.74, 6) is 1.44. The maximum Gasteiger partial charge on any atom is 0.292 e. The van der Waals surface area contributed by atoms with Crippen LogP contribution in [0.1, 0.15) is 50.2 Å². The molecule has 0 bridgehead atoms. The van der Waals surface area contributed by atoms with Crippen LogP contribution in [0.4, 0.5) is 17.1 Å². The van der Waals surface area contributed by atoms with Crippen molar-refractivity contribution in [3.05, 3.63) is 57.6 Å². The summed E-state index contributed by atoms with van der Waals surface area (Å²) >= 11 is 0. The number of anilines is 2. The molecule has 4 rings (SSSR count). The van der Waals surface area contributed by atoms with Gasteiger partial charge in [0.05, 0.1) is 12.0 Å². The molecule has 0 aliphatic heterocycles. The van der Waals surface area contributed by atoms with Gasteiger partial charge in [0, 0.05) is 23.2 Å². The topological polar surface area (TPSA) is 90.4 Å². The average molecular weight is 396 g/mol. The van der Waals surface area contributed by atoms with Gasteiger partial charge in [0.15, 0.2) is 0 Å². The Hall–Kier alpha value is -2.76. The van der Waals surface area contributed by atoms with Crippen LogP contribution in [-0.2, 0) is 11.8 Å². The van der Waals surface area contributed by atoms with E-state index < -0.39 is 4.92 Å². The fourth-order valence-electron chi connectivity index (χ4n) is 5.70. The largest absolute Gasteiger partial charge is 0.497 e. The molecule has 2 aromatic carbocycles. The lowest BCUT2D eigenvalue weighted by atomic mass is 9.54. The highest BCUT2D eigenvalue weighted by Crippen LogP contribution is 2.53. The van der Waals surface area contributed by atoms with Crippen LogP contribution in [0.2, 0.25) is 0 Å². The number of nitro benzene ring substituents is 1. The van der Waals surface area contributed by atoms with Crippen molar-refractivity contribution in [3.63, 3.8) is 0 Å². The molecule has 2 aliphatic carbocycles. The molecule has 1 saturated carbocycles. The normalized spacial score (nSPS) is 25.6. The molecule has 2 aromatic rings. The fraction of sp³-hybridized carbons (Fsp3) is 0.478. The molecule has 6 nitrogen and oxygen atoms in total. The summed E-state index contributed by atoms with van der Waals surface area (Å²) in [7, 11) is 1.73. The summed E-state index contributed by atoms with van der Waals surface area (Å²) in [4.78, 5) is 10.6. The summed E-state index contributed by atoms with van der Waals surface area (Å²) in [6, 6.07) is 11.7. The summed E-state index contributed by atoms with van der Waals surface area (Å²) in [6.07, 6.45) is 6.89. The number of ether oxygens (including phenoxy) is 1. The van der Waals surface area contributed by atoms with Gasteiger partial charge in [0.2, 0.25) is 0 Å². The van der Waals surface area contributed by atoms with Crippen molar-refractivity contribution in [2.24, 2.45) is 5.92 Å². The zero-order chi connectivity index (χ0) is 20.6. The van der Waals surface area contributed by atoms with Gasteiger partial charge in [-0.15, -0.1) is 0 Å². The Bertz CT molecular complexity index is 930. The first kappa shape index (κ1) is 19.6. The molecule has 3 N–H and O–H groups in total. The molecule has 2 aliphatic rings. The lowest BCUT2D eigenvalue weighted by Gasteiger charge is -2.52. The minimum Gasteiger partial charge on any atom is -0.497 e. The van der Waals surface area contributed by atoms with Crippen LogP contribution in [0.15, 0.2) is 36.4 Å². The van der Waals surface area contributed by atoms with Crippen molar-refractivity contribution in [2.45, 2.75) is 56.9 Å². The van der Waals surface area contributed by atoms with Gasteiger partial charge in [-0.25, -0.2) is 0 Å². The van der Waals surface area contributed by atoms with Gasteiger partial charge < -0.3 is 15.8 Å². The Morgan fingerprint density at radius 1 is 1.28 bits per heavy atom. The van der Waals surface area contributed by atoms with E-state index in [4.69, 9.17) is 10.5 Å². The molecule has 3 atom stereocenters. The van der Waals surface area contributed by atoms with Crippen LogP contribution >= 0.6 is 0 Å². The van der Waals surface area contributed by atoms with Crippen molar-refractivity contribution < 1.29 is 9.66 Å². The van der Waals surface area contributed by atoms with E-state index in [0.29, 0.717) is 5.92 Å². The van der Waals surface area contributed by atoms with Crippen molar-refractivity contribution >= 4 is 17.1 Å². The third-order valence-corrected chi connectivity index (χ3v) is 7.08. The monoisotopic (exact) mass is 395 g/mol. The third kappa shape index (κ3) is 3.30. The lowest BCUT2D eigenvalue weighted by Crippen LogP contribution is -2.51. The summed E-state index contributed by atoms with van der Waals surface area (Å²) in [5.41, 5.74) is 9.90. The highest BCUT2D eigenvalue weighted by Gasteiger charge is 2.48. The zero-order valence-corrected chi connectivity index (χ0v) is 17.1. The predicted octanol–water partition coefficient (Wildman–Crippen LogP) is 5.06. The standard InChI is InChI=1S/C23H29N3O3/c1-3-23-11-5-4-6-18(23)21(12-15-7-9-17(29-2)14-19(15)23)25-16-8-10-22(26(27)28)20(24)13-16/h7-10,13-14,18,21,25H,3-6,11-12,24H2,1-2H3/t18-,21+,23-/m1/s1. The Kier molecular flexibility index (Phi) is 5.11. The molecule has 0 radical (unpaired) electrons. The van der Waals surface area contributed by atoms with Gasteiger partial charge >= 0.3 is 0 Å². The Labute approximate surface area is 171 Å². The van der Waals surface area contributed by atoms with Gasteiger partial charge in [-0.1, -0.05) is 25.8 Å². The number of nitrogen functional groups attached to an aromatic ring is 1. The molecule has 29 heavy (non-hydrogen) atoms. The number of rotatable bonds is 5. The van der Waals surface area contributed by atoms with E-state index in [1.807, 2.05) is 6.07 Å². The van der Waals surface area contributed by atoms with Crippen molar-refractivity contribution in [3.8, 4) is 5.75 Å². The Balaban J connectivity index is 1.71. The number of nitrogens with two attached hydrogens (primary N) is 1. The number of nitrogens with one attached hydrogen (secondary N) is 1. The highest BCUT2D eigenvalue weighted by atomic mass is 16.6. The number of nitrogens with zero attached hydrogens (tertiary/aromatic N) is 1. The van der Waals surface area contributed by atoms with E-state index in [0.717, 1.165) is 24.3 Å². The molecule has 0 spiro atoms. The predicted molar refractivity (Wildman–Crippen MR) is 116 cm³/mol. The summed E-state index contributed by atoms with van der Waals surface area (Å²) in [5, 5.41) is 14.8. The number of hydrogen-bond donors (Lipinski definition) is 2. The minimum atomic E-state index is -0.438. The number of nitro groups is 1. The molecular weight excluding hydrogens is 366 g/mol. The lowest BCUT2D eigenvalue weighted by molar-refractivity contribution is -0.383. The number of methoxy groups -OCH3 is 1. The summed E-state index contributed by atoms with van der Waals surface area (Å²) in [6.45, 7) is 2.30. The molecule has 0 heterocycles. The highest BCUT2D eigenvalue weighted by molar-refractivity contribution is 5.66. The van der Waals surface area contributed by atoms with Gasteiger partial charge in [0.25, 0.3) is 5.69 Å². The quantitative estimate of drug-likeness (QED) is 0.419. The van der Waals surface area contributed by atoms with Gasteiger partial charge in [0.1, 0.15) is 11.4 Å². The number of hydrogen-bond acceptors (Lipinski definition) is 5. The van der Waals surface area contributed by atoms with E-state index in [-0.39, 0.29) is 22.8 Å². The Morgan fingerprint density at radius 3 is 2.79 bits per heavy atom. The van der Waals surface area contributed by atoms with Gasteiger partial charge in [-0.3, -0.25) is 10.1 Å². The fourth-order valence-corrected chi connectivity index (χ4v) is 5.70. The number of fused-ring (bicyclic) bond motifs is 3. The van der Waals surface area contributed by atoms with Gasteiger partial charge in [-0.05, 0) is 67.0 Å². The van der Waals surface area contributed by atoms with E-state index in [9.17, 15) is 10.1 Å². The maximum atomic E-state index is 11.1. The minimum absolute atomic E-state index is 0.0443. The first-order valence-electron chi connectivity index (χ1n) is 10.5. The van der Waals surface area contributed by atoms with Gasteiger partial charge in [-0.2, -0.15) is 0 Å². The van der Waals surface area contributed by atoms with Crippen molar-refractivity contribution in [1.82, 2.24) is 0 Å². The van der Waals surface area contributed by atoms with E-state index >= 15 is 0 Å². The second-order valence-electron chi connectivity index (χ2n) is 8.37. The molecule has 0 unspecified atom stereocenters.